The quantitative estimate of drug-likeness (QED) is 0.557. The minimum absolute atomic E-state index is 0.346. The zero-order valence-electron chi connectivity index (χ0n) is 15.9. The van der Waals surface area contributed by atoms with E-state index in [0.717, 1.165) is 18.9 Å². The molecule has 4 heterocycles. The maximum absolute atomic E-state index is 5.86. The van der Waals surface area contributed by atoms with Crippen molar-refractivity contribution in [2.45, 2.75) is 44.8 Å². The van der Waals surface area contributed by atoms with Crippen molar-refractivity contribution in [3.63, 3.8) is 0 Å². The van der Waals surface area contributed by atoms with Gasteiger partial charge in [-0.1, -0.05) is 35.3 Å². The molecule has 4 rings (SSSR count). The van der Waals surface area contributed by atoms with Gasteiger partial charge < -0.3 is 14.0 Å². The molecular weight excluding hydrogens is 386 g/mol. The lowest BCUT2D eigenvalue weighted by molar-refractivity contribution is 0.00578. The molecule has 27 heavy (non-hydrogen) atoms. The summed E-state index contributed by atoms with van der Waals surface area (Å²) in [5, 5.41) is 1.02. The largest absolute Gasteiger partial charge is 0.514 e. The lowest BCUT2D eigenvalue weighted by Crippen LogP contribution is -2.41. The average molecular weight is 409 g/mol. The summed E-state index contributed by atoms with van der Waals surface area (Å²) in [4.78, 5) is 8.38. The fourth-order valence-electron chi connectivity index (χ4n) is 2.58. The van der Waals surface area contributed by atoms with Gasteiger partial charge in [0.25, 0.3) is 0 Å². The lowest BCUT2D eigenvalue weighted by Gasteiger charge is -2.32. The highest BCUT2D eigenvalue weighted by Gasteiger charge is 2.52. The molecule has 2 fully saturated rings. The third-order valence-electron chi connectivity index (χ3n) is 5.02. The van der Waals surface area contributed by atoms with Gasteiger partial charge in [0.2, 0.25) is 0 Å². The van der Waals surface area contributed by atoms with Crippen molar-refractivity contribution in [2.24, 2.45) is 0 Å². The molecule has 2 aliphatic heterocycles. The normalized spacial score (nSPS) is 20.6. The van der Waals surface area contributed by atoms with Crippen molar-refractivity contribution in [3.8, 4) is 0 Å². The Kier molecular flexibility index (Phi) is 6.13. The Bertz CT molecular complexity index is 784. The molecule has 0 radical (unpaired) electrons. The molecule has 2 aliphatic rings. The molecule has 8 heteroatoms. The number of nitrogens with zero attached hydrogens (tertiary/aromatic N) is 2. The molecule has 144 valence electrons. The van der Waals surface area contributed by atoms with Crippen LogP contribution in [0.4, 0.5) is 0 Å². The van der Waals surface area contributed by atoms with E-state index in [1.165, 1.54) is 0 Å². The van der Waals surface area contributed by atoms with Crippen LogP contribution < -0.4 is 5.59 Å². The van der Waals surface area contributed by atoms with E-state index >= 15 is 0 Å². The number of hydrogen-bond acceptors (Lipinski definition) is 5. The highest BCUT2D eigenvalue weighted by molar-refractivity contribution is 6.61. The van der Waals surface area contributed by atoms with Crippen LogP contribution in [0, 0.1) is 0 Å². The summed E-state index contributed by atoms with van der Waals surface area (Å²) in [7, 11) is -0.441. The van der Waals surface area contributed by atoms with Crippen molar-refractivity contribution in [2.75, 3.05) is 13.2 Å². The summed E-state index contributed by atoms with van der Waals surface area (Å²) in [6.45, 7) is 9.62. The Hall–Kier alpha value is -1.18. The first-order valence-electron chi connectivity index (χ1n) is 8.86. The van der Waals surface area contributed by atoms with E-state index in [1.54, 1.807) is 12.1 Å². The predicted molar refractivity (Wildman–Crippen MR) is 108 cm³/mol. The van der Waals surface area contributed by atoms with E-state index in [1.807, 2.05) is 52.0 Å². The van der Waals surface area contributed by atoms with Crippen molar-refractivity contribution in [1.82, 2.24) is 9.97 Å². The molecule has 2 aromatic heterocycles. The van der Waals surface area contributed by atoms with Gasteiger partial charge in [-0.25, -0.2) is 9.97 Å². The highest BCUT2D eigenvalue weighted by Crippen LogP contribution is 2.36. The van der Waals surface area contributed by atoms with Crippen LogP contribution >= 0.6 is 23.2 Å². The molecule has 0 unspecified atom stereocenters. The third-order valence-corrected chi connectivity index (χ3v) is 5.45. The topological polar surface area (TPSA) is 53.5 Å². The molecule has 0 N–H and O–H groups in total. The highest BCUT2D eigenvalue weighted by atomic mass is 35.5. The molecule has 0 atom stereocenters. The maximum Gasteiger partial charge on any atom is 0.514 e. The van der Waals surface area contributed by atoms with Crippen molar-refractivity contribution >= 4 is 35.9 Å². The number of hydrogen-bond donors (Lipinski definition) is 0. The molecule has 0 spiro atoms. The van der Waals surface area contributed by atoms with E-state index in [2.05, 4.69) is 9.97 Å². The van der Waals surface area contributed by atoms with Gasteiger partial charge in [-0.3, -0.25) is 0 Å². The second-order valence-corrected chi connectivity index (χ2v) is 8.37. The SMILES string of the molecule is CC1(C)OB(c2cccc(Cl)n2)OC1(C)C.Clc1cccc(C2COC2)n1. The first-order valence-corrected chi connectivity index (χ1v) is 9.62. The first-order chi connectivity index (χ1) is 12.7. The van der Waals surface area contributed by atoms with Gasteiger partial charge in [-0.2, -0.15) is 0 Å². The monoisotopic (exact) mass is 408 g/mol. The van der Waals surface area contributed by atoms with Gasteiger partial charge in [-0.15, -0.1) is 0 Å². The molecular formula is C19H23BCl2N2O3. The van der Waals surface area contributed by atoms with E-state index in [0.29, 0.717) is 21.8 Å². The number of halogens is 2. The van der Waals surface area contributed by atoms with Crippen LogP contribution in [-0.4, -0.2) is 41.5 Å². The van der Waals surface area contributed by atoms with E-state index in [-0.39, 0.29) is 11.2 Å². The molecule has 0 aliphatic carbocycles. The molecule has 0 amide bonds. The van der Waals surface area contributed by atoms with Crippen molar-refractivity contribution in [1.29, 1.82) is 0 Å². The minimum atomic E-state index is -0.441. The third kappa shape index (κ3) is 4.82. The van der Waals surface area contributed by atoms with Crippen LogP contribution in [0.3, 0.4) is 0 Å². The van der Waals surface area contributed by atoms with Gasteiger partial charge in [-0.05, 0) is 52.0 Å². The van der Waals surface area contributed by atoms with Crippen LogP contribution in [0.2, 0.25) is 10.3 Å². The zero-order chi connectivity index (χ0) is 19.7. The minimum Gasteiger partial charge on any atom is -0.398 e. The second-order valence-electron chi connectivity index (χ2n) is 7.59. The fraction of sp³-hybridized carbons (Fsp3) is 0.474. The first kappa shape index (κ1) is 20.6. The summed E-state index contributed by atoms with van der Waals surface area (Å²) in [6, 6.07) is 11.1. The summed E-state index contributed by atoms with van der Waals surface area (Å²) in [5.41, 5.74) is 1.07. The number of aromatic nitrogens is 2. The zero-order valence-corrected chi connectivity index (χ0v) is 17.4. The smallest absolute Gasteiger partial charge is 0.398 e. The number of ether oxygens (including phenoxy) is 1. The van der Waals surface area contributed by atoms with Crippen molar-refractivity contribution < 1.29 is 14.0 Å². The van der Waals surface area contributed by atoms with Gasteiger partial charge in [0, 0.05) is 11.6 Å². The van der Waals surface area contributed by atoms with Crippen LogP contribution in [-0.2, 0) is 14.0 Å². The van der Waals surface area contributed by atoms with Gasteiger partial charge in [0.15, 0.2) is 0 Å². The molecule has 0 aromatic carbocycles. The van der Waals surface area contributed by atoms with Crippen LogP contribution in [0.1, 0.15) is 39.3 Å². The summed E-state index contributed by atoms with van der Waals surface area (Å²) >= 11 is 11.6. The summed E-state index contributed by atoms with van der Waals surface area (Å²) in [5.74, 6) is 0.466. The van der Waals surface area contributed by atoms with Crippen LogP contribution in [0.5, 0.6) is 0 Å². The predicted octanol–water partition coefficient (Wildman–Crippen LogP) is 3.88. The lowest BCUT2D eigenvalue weighted by atomic mass is 9.84. The average Bonchev–Trinajstić information content (AvgIpc) is 2.75. The number of rotatable bonds is 2. The summed E-state index contributed by atoms with van der Waals surface area (Å²) < 4.78 is 16.8. The Morgan fingerprint density at radius 2 is 1.44 bits per heavy atom. The van der Waals surface area contributed by atoms with E-state index < -0.39 is 7.12 Å². The Morgan fingerprint density at radius 3 is 1.93 bits per heavy atom. The van der Waals surface area contributed by atoms with E-state index in [4.69, 9.17) is 37.2 Å². The van der Waals surface area contributed by atoms with Crippen molar-refractivity contribution in [3.05, 3.63) is 52.4 Å². The maximum atomic E-state index is 5.86. The second kappa shape index (κ2) is 8.06. The standard InChI is InChI=1S/C11H15BClNO2.C8H8ClNO/c1-10(2)11(3,4)16-12(15-10)8-6-5-7-9(13)14-8;9-8-3-1-2-7(10-8)6-4-11-5-6/h5-7H,1-4H3;1-3,6H,4-5H2. The van der Waals surface area contributed by atoms with Gasteiger partial charge >= 0.3 is 7.12 Å². The fourth-order valence-corrected chi connectivity index (χ4v) is 2.92. The molecule has 2 aromatic rings. The molecule has 5 nitrogen and oxygen atoms in total. The van der Waals surface area contributed by atoms with Crippen LogP contribution in [0.25, 0.3) is 0 Å². The molecule has 0 bridgehead atoms. The Morgan fingerprint density at radius 1 is 0.889 bits per heavy atom. The molecule has 2 saturated heterocycles. The van der Waals surface area contributed by atoms with E-state index in [9.17, 15) is 0 Å². The van der Waals surface area contributed by atoms with Gasteiger partial charge in [0.05, 0.1) is 30.0 Å². The van der Waals surface area contributed by atoms with Crippen LogP contribution in [0.15, 0.2) is 36.4 Å². The molecule has 0 saturated carbocycles. The Balaban J connectivity index is 0.000000166. The van der Waals surface area contributed by atoms with Gasteiger partial charge in [0.1, 0.15) is 10.3 Å². The summed E-state index contributed by atoms with van der Waals surface area (Å²) in [6.07, 6.45) is 0. The Labute approximate surface area is 170 Å². The number of pyridine rings is 2.